The first-order valence-electron chi connectivity index (χ1n) is 0.894. The van der Waals surface area contributed by atoms with Crippen LogP contribution in [0.3, 0.4) is 0 Å². The minimum Gasteiger partial charge on any atom is -0.512 e. The first kappa shape index (κ1) is 48.6. The molecule has 0 saturated carbocycles. The van der Waals surface area contributed by atoms with Crippen molar-refractivity contribution in [3.8, 4) is 0 Å². The topological polar surface area (TPSA) is 95.2 Å². The molecular weight excluding hydrogens is 210 g/mol. The van der Waals surface area contributed by atoms with Crippen molar-refractivity contribution in [2.45, 2.75) is 0 Å². The fourth-order valence-electron chi connectivity index (χ4n) is 0. The van der Waals surface area contributed by atoms with Crippen molar-refractivity contribution in [3.63, 3.8) is 0 Å². The van der Waals surface area contributed by atoms with Crippen LogP contribution < -0.4 is 0 Å². The monoisotopic (exact) mass is 210 g/mol. The Labute approximate surface area is 68.2 Å². The van der Waals surface area contributed by atoms with Crippen molar-refractivity contribution in [1.29, 1.82) is 21.0 Å². The maximum atomic E-state index is 6.25. The Morgan fingerprint density at radius 2 is 0.444 bits per heavy atom. The van der Waals surface area contributed by atoms with Crippen molar-refractivity contribution in [2.75, 3.05) is 0 Å². The number of rotatable bonds is 0. The van der Waals surface area contributed by atoms with Gasteiger partial charge in [0.15, 0.2) is 0 Å². The summed E-state index contributed by atoms with van der Waals surface area (Å²) in [6.45, 7) is 19.0. The van der Waals surface area contributed by atoms with Gasteiger partial charge in [-0.2, -0.15) is 0 Å². The molecule has 0 heterocycles. The van der Waals surface area contributed by atoms with Gasteiger partial charge in [0, 0.05) is 20.4 Å². The average Bonchev–Trinajstić information content (AvgIpc) is 2.03. The molecule has 0 aliphatic rings. The van der Waals surface area contributed by atoms with E-state index in [-0.39, 0.29) is 20.4 Å². The van der Waals surface area contributed by atoms with Gasteiger partial charge in [0.1, 0.15) is 0 Å². The molecule has 5 heteroatoms. The maximum Gasteiger partial charge on any atom is 0 e. The Morgan fingerprint density at radius 3 is 0.444 bits per heavy atom. The molecule has 0 bridgehead atoms. The first-order chi connectivity index (χ1) is 4.00. The van der Waals surface area contributed by atoms with Crippen LogP contribution in [0, 0.1) is 47.3 Å². The summed E-state index contributed by atoms with van der Waals surface area (Å²) in [6, 6.07) is 0. The van der Waals surface area contributed by atoms with Crippen LogP contribution in [0.5, 0.6) is 0 Å². The summed E-state index contributed by atoms with van der Waals surface area (Å²) in [5.74, 6) is 0. The molecule has 0 amide bonds. The summed E-state index contributed by atoms with van der Waals surface area (Å²) in [5.41, 5.74) is 0. The van der Waals surface area contributed by atoms with Crippen molar-refractivity contribution >= 4 is 0 Å². The van der Waals surface area contributed by atoms with Gasteiger partial charge in [-0.25, -0.2) is 0 Å². The van der Waals surface area contributed by atoms with Crippen LogP contribution in [0.15, 0.2) is 0 Å². The van der Waals surface area contributed by atoms with E-state index in [4.69, 9.17) is 47.3 Å². The SMILES string of the molecule is [C-]#N.[C-]#N.[C-]#N.[C-]#N.[Pd]. The third-order valence-corrected chi connectivity index (χ3v) is 0. The Balaban J connectivity index is -0.00000000762. The summed E-state index contributed by atoms with van der Waals surface area (Å²) in [7, 11) is 0. The van der Waals surface area contributed by atoms with Crippen LogP contribution in [-0.2, 0) is 20.4 Å². The predicted octanol–water partition coefficient (Wildman–Crippen LogP) is 0.383. The number of hydrogen-bond donors (Lipinski definition) is 0. The van der Waals surface area contributed by atoms with E-state index in [9.17, 15) is 0 Å². The zero-order valence-corrected chi connectivity index (χ0v) is 5.66. The largest absolute Gasteiger partial charge is 0.512 e. The summed E-state index contributed by atoms with van der Waals surface area (Å²) in [4.78, 5) is 0. The van der Waals surface area contributed by atoms with Crippen molar-refractivity contribution < 1.29 is 20.4 Å². The van der Waals surface area contributed by atoms with Gasteiger partial charge in [-0.1, -0.05) is 0 Å². The fourth-order valence-corrected chi connectivity index (χ4v) is 0. The van der Waals surface area contributed by atoms with Gasteiger partial charge in [0.05, 0.1) is 0 Å². The molecule has 9 heavy (non-hydrogen) atoms. The van der Waals surface area contributed by atoms with Crippen LogP contribution in [-0.4, -0.2) is 0 Å². The van der Waals surface area contributed by atoms with Crippen LogP contribution in [0.2, 0.25) is 0 Å². The molecular formula is C4N4Pd-4. The fraction of sp³-hybridized carbons (Fsp3) is 0. The molecule has 0 atom stereocenters. The molecule has 0 aliphatic carbocycles. The molecule has 0 radical (unpaired) electrons. The second-order valence-corrected chi connectivity index (χ2v) is 0. The van der Waals surface area contributed by atoms with E-state index in [2.05, 4.69) is 0 Å². The zero-order valence-electron chi connectivity index (χ0n) is 4.11. The van der Waals surface area contributed by atoms with Crippen LogP contribution >= 0.6 is 0 Å². The maximum absolute atomic E-state index is 6.25. The molecule has 50 valence electrons. The molecule has 0 aromatic rings. The minimum absolute atomic E-state index is 0. The number of hydrogen-bond acceptors (Lipinski definition) is 4. The van der Waals surface area contributed by atoms with Crippen LogP contribution in [0.4, 0.5) is 0 Å². The number of nitrogens with zero attached hydrogens (tertiary/aromatic N) is 4. The van der Waals surface area contributed by atoms with E-state index in [1.54, 1.807) is 0 Å². The second-order valence-electron chi connectivity index (χ2n) is 0. The van der Waals surface area contributed by atoms with E-state index in [1.807, 2.05) is 0 Å². The smallest absolute Gasteiger partial charge is 0 e. The zero-order chi connectivity index (χ0) is 8.00. The van der Waals surface area contributed by atoms with Gasteiger partial charge in [-0.05, 0) is 0 Å². The molecule has 0 aliphatic heterocycles. The van der Waals surface area contributed by atoms with Gasteiger partial charge >= 0.3 is 0 Å². The van der Waals surface area contributed by atoms with Crippen LogP contribution in [0.25, 0.3) is 0 Å². The Bertz CT molecular complexity index is 55.5. The summed E-state index contributed by atoms with van der Waals surface area (Å²) < 4.78 is 0. The van der Waals surface area contributed by atoms with Gasteiger partial charge in [-0.3, -0.25) is 0 Å². The molecule has 0 saturated heterocycles. The summed E-state index contributed by atoms with van der Waals surface area (Å²) in [5, 5.41) is 25.0. The van der Waals surface area contributed by atoms with E-state index in [0.717, 1.165) is 0 Å². The molecule has 0 fully saturated rings. The molecule has 0 unspecified atom stereocenters. The van der Waals surface area contributed by atoms with Gasteiger partial charge in [0.2, 0.25) is 0 Å². The molecule has 0 N–H and O–H groups in total. The summed E-state index contributed by atoms with van der Waals surface area (Å²) >= 11 is 0. The third-order valence-electron chi connectivity index (χ3n) is 0. The van der Waals surface area contributed by atoms with Gasteiger partial charge < -0.3 is 47.3 Å². The minimum atomic E-state index is 0. The molecule has 0 rings (SSSR count). The Kier molecular flexibility index (Phi) is 596. The molecule has 0 aromatic heterocycles. The van der Waals surface area contributed by atoms with Crippen molar-refractivity contribution in [2.24, 2.45) is 0 Å². The second kappa shape index (κ2) is 110. The standard InChI is InChI=1S/4CN.Pd/c4*1-2;/q4*-1;. The molecule has 0 aromatic carbocycles. The molecule has 4 nitrogen and oxygen atoms in total. The van der Waals surface area contributed by atoms with Crippen molar-refractivity contribution in [1.82, 2.24) is 0 Å². The van der Waals surface area contributed by atoms with E-state index >= 15 is 0 Å². The first-order valence-corrected chi connectivity index (χ1v) is 0.894. The normalized spacial score (nSPS) is 0.889. The Morgan fingerprint density at radius 1 is 0.444 bits per heavy atom. The summed E-state index contributed by atoms with van der Waals surface area (Å²) in [6.07, 6.45) is 0. The quantitative estimate of drug-likeness (QED) is 0.427. The van der Waals surface area contributed by atoms with Gasteiger partial charge in [0.25, 0.3) is 0 Å². The third kappa shape index (κ3) is 74.6. The van der Waals surface area contributed by atoms with E-state index in [1.165, 1.54) is 0 Å². The molecule has 0 spiro atoms. The Hall–Kier alpha value is -1.38. The van der Waals surface area contributed by atoms with E-state index < -0.39 is 0 Å². The average molecular weight is 210 g/mol. The van der Waals surface area contributed by atoms with Crippen LogP contribution in [0.1, 0.15) is 0 Å². The van der Waals surface area contributed by atoms with Crippen molar-refractivity contribution in [3.05, 3.63) is 26.3 Å². The predicted molar refractivity (Wildman–Crippen MR) is 19.9 cm³/mol. The van der Waals surface area contributed by atoms with Gasteiger partial charge in [-0.15, -0.1) is 0 Å². The van der Waals surface area contributed by atoms with E-state index in [0.29, 0.717) is 0 Å².